The first-order valence-electron chi connectivity index (χ1n) is 6.11. The highest BCUT2D eigenvalue weighted by molar-refractivity contribution is 5.79. The quantitative estimate of drug-likeness (QED) is 0.637. The highest BCUT2D eigenvalue weighted by Gasteiger charge is 2.60. The summed E-state index contributed by atoms with van der Waals surface area (Å²) in [6.45, 7) is 10.3. The van der Waals surface area contributed by atoms with Gasteiger partial charge in [0.1, 0.15) is 5.78 Å². The summed E-state index contributed by atoms with van der Waals surface area (Å²) in [7, 11) is 0. The first-order chi connectivity index (χ1) is 7.19. The normalized spacial score (nSPS) is 35.6. The van der Waals surface area contributed by atoms with E-state index in [1.165, 1.54) is 0 Å². The summed E-state index contributed by atoms with van der Waals surface area (Å²) in [5.74, 6) is -0.0661. The fourth-order valence-corrected chi connectivity index (χ4v) is 2.59. The zero-order valence-electron chi connectivity index (χ0n) is 10.9. The lowest BCUT2D eigenvalue weighted by Crippen LogP contribution is -2.44. The minimum Gasteiger partial charge on any atom is -0.341 e. The second-order valence-corrected chi connectivity index (χ2v) is 6.18. The first kappa shape index (κ1) is 12.1. The van der Waals surface area contributed by atoms with Crippen LogP contribution in [0, 0.1) is 5.92 Å². The molecule has 1 aliphatic carbocycles. The summed E-state index contributed by atoms with van der Waals surface area (Å²) >= 11 is 0. The minimum atomic E-state index is -0.541. The fraction of sp³-hybridized carbons (Fsp3) is 0.923. The van der Waals surface area contributed by atoms with Crippen molar-refractivity contribution in [2.24, 2.45) is 5.92 Å². The van der Waals surface area contributed by atoms with Crippen molar-refractivity contribution in [2.45, 2.75) is 70.9 Å². The predicted octanol–water partition coefficient (Wildman–Crippen LogP) is 2.68. The van der Waals surface area contributed by atoms with Crippen LogP contribution in [0.15, 0.2) is 0 Å². The predicted molar refractivity (Wildman–Crippen MR) is 61.1 cm³/mol. The van der Waals surface area contributed by atoms with Gasteiger partial charge < -0.3 is 9.47 Å². The molecule has 0 aromatic carbocycles. The van der Waals surface area contributed by atoms with Crippen LogP contribution in [-0.4, -0.2) is 22.8 Å². The van der Waals surface area contributed by atoms with Gasteiger partial charge in [-0.25, -0.2) is 0 Å². The van der Waals surface area contributed by atoms with Crippen LogP contribution in [-0.2, 0) is 14.3 Å². The number of hydrogen-bond acceptors (Lipinski definition) is 3. The summed E-state index contributed by atoms with van der Waals surface area (Å²) in [6.07, 6.45) is 1.85. The fourth-order valence-electron chi connectivity index (χ4n) is 2.59. The molecule has 0 N–H and O–H groups in total. The molecule has 1 saturated heterocycles. The van der Waals surface area contributed by atoms with Crippen LogP contribution >= 0.6 is 0 Å². The number of carbonyl (C=O) groups is 1. The number of Topliss-reactive ketones (excluding diaryl/α,β-unsaturated/α-hetero) is 1. The van der Waals surface area contributed by atoms with E-state index in [2.05, 4.69) is 34.6 Å². The van der Waals surface area contributed by atoms with Gasteiger partial charge in [-0.2, -0.15) is 0 Å². The van der Waals surface area contributed by atoms with Gasteiger partial charge in [-0.05, 0) is 27.7 Å². The third-order valence-electron chi connectivity index (χ3n) is 4.34. The van der Waals surface area contributed by atoms with E-state index in [0.29, 0.717) is 25.0 Å². The van der Waals surface area contributed by atoms with Gasteiger partial charge in [-0.3, -0.25) is 4.79 Å². The molecule has 16 heavy (non-hydrogen) atoms. The van der Waals surface area contributed by atoms with Gasteiger partial charge in [0.25, 0.3) is 0 Å². The topological polar surface area (TPSA) is 35.5 Å². The Kier molecular flexibility index (Phi) is 2.48. The van der Waals surface area contributed by atoms with Crippen molar-refractivity contribution in [3.8, 4) is 0 Å². The minimum absolute atomic E-state index is 0.148. The molecule has 0 aromatic rings. The molecular formula is C13H22O3. The zero-order chi connectivity index (χ0) is 12.2. The Balaban J connectivity index is 2.26. The van der Waals surface area contributed by atoms with Crippen molar-refractivity contribution in [3.05, 3.63) is 0 Å². The molecule has 92 valence electrons. The highest BCUT2D eigenvalue weighted by Crippen LogP contribution is 2.51. The molecule has 0 bridgehead atoms. The molecule has 1 aliphatic heterocycles. The van der Waals surface area contributed by atoms with Gasteiger partial charge in [0.15, 0.2) is 5.79 Å². The Labute approximate surface area is 97.5 Å². The average Bonchev–Trinajstić information content (AvgIpc) is 2.28. The highest BCUT2D eigenvalue weighted by atomic mass is 16.8. The van der Waals surface area contributed by atoms with Gasteiger partial charge >= 0.3 is 0 Å². The summed E-state index contributed by atoms with van der Waals surface area (Å²) in [6, 6.07) is 0. The molecule has 1 heterocycles. The lowest BCUT2D eigenvalue weighted by atomic mass is 9.84. The zero-order valence-corrected chi connectivity index (χ0v) is 10.9. The monoisotopic (exact) mass is 226 g/mol. The van der Waals surface area contributed by atoms with Crippen molar-refractivity contribution >= 4 is 5.78 Å². The molecule has 3 nitrogen and oxygen atoms in total. The van der Waals surface area contributed by atoms with E-state index in [4.69, 9.17) is 9.47 Å². The maximum absolute atomic E-state index is 11.4. The number of rotatable bonds is 0. The number of hydrogen-bond donors (Lipinski definition) is 0. The third kappa shape index (κ3) is 1.61. The van der Waals surface area contributed by atoms with Gasteiger partial charge in [-0.15, -0.1) is 0 Å². The van der Waals surface area contributed by atoms with Crippen LogP contribution in [0.25, 0.3) is 0 Å². The number of ketones is 1. The summed E-state index contributed by atoms with van der Waals surface area (Å²) in [4.78, 5) is 11.4. The lowest BCUT2D eigenvalue weighted by Gasteiger charge is -2.38. The molecule has 0 amide bonds. The summed E-state index contributed by atoms with van der Waals surface area (Å²) in [5, 5.41) is 0. The van der Waals surface area contributed by atoms with E-state index < -0.39 is 5.79 Å². The molecule has 0 unspecified atom stereocenters. The third-order valence-corrected chi connectivity index (χ3v) is 4.34. The SMILES string of the molecule is C[C@H]1CC(=O)CCC12OC(C)(C)C(C)(C)O2. The summed E-state index contributed by atoms with van der Waals surface area (Å²) in [5.41, 5.74) is -0.608. The van der Waals surface area contributed by atoms with Crippen molar-refractivity contribution in [1.82, 2.24) is 0 Å². The van der Waals surface area contributed by atoms with E-state index in [0.717, 1.165) is 0 Å². The van der Waals surface area contributed by atoms with Crippen LogP contribution in [0.2, 0.25) is 0 Å². The molecule has 1 atom stereocenters. The Bertz CT molecular complexity index is 301. The Hall–Kier alpha value is -0.410. The van der Waals surface area contributed by atoms with E-state index in [1.54, 1.807) is 0 Å². The van der Waals surface area contributed by atoms with Crippen LogP contribution in [0.4, 0.5) is 0 Å². The second kappa shape index (κ2) is 3.30. The first-order valence-corrected chi connectivity index (χ1v) is 6.11. The van der Waals surface area contributed by atoms with Crippen molar-refractivity contribution in [3.63, 3.8) is 0 Å². The molecule has 1 saturated carbocycles. The van der Waals surface area contributed by atoms with Gasteiger partial charge in [0.05, 0.1) is 11.2 Å². The summed E-state index contributed by atoms with van der Waals surface area (Å²) < 4.78 is 12.4. The molecular weight excluding hydrogens is 204 g/mol. The molecule has 3 heteroatoms. The smallest absolute Gasteiger partial charge is 0.173 e. The molecule has 2 rings (SSSR count). The Morgan fingerprint density at radius 2 is 1.62 bits per heavy atom. The number of carbonyl (C=O) groups excluding carboxylic acids is 1. The molecule has 1 spiro atoms. The van der Waals surface area contributed by atoms with E-state index in [9.17, 15) is 4.79 Å². The number of ether oxygens (including phenoxy) is 2. The maximum atomic E-state index is 11.4. The standard InChI is InChI=1S/C13H22O3/c1-9-8-10(14)6-7-13(9)15-11(2,3)12(4,5)16-13/h9H,6-8H2,1-5H3/t9-/m0/s1. The van der Waals surface area contributed by atoms with Gasteiger partial charge in [-0.1, -0.05) is 6.92 Å². The van der Waals surface area contributed by atoms with Crippen molar-refractivity contribution in [2.75, 3.05) is 0 Å². The van der Waals surface area contributed by atoms with Crippen LogP contribution in [0.1, 0.15) is 53.9 Å². The molecule has 2 aliphatic rings. The van der Waals surface area contributed by atoms with Crippen molar-refractivity contribution < 1.29 is 14.3 Å². The van der Waals surface area contributed by atoms with Gasteiger partial charge in [0.2, 0.25) is 0 Å². The Morgan fingerprint density at radius 3 is 2.06 bits per heavy atom. The van der Waals surface area contributed by atoms with E-state index >= 15 is 0 Å². The lowest BCUT2D eigenvalue weighted by molar-refractivity contribution is -0.234. The molecule has 0 aromatic heterocycles. The van der Waals surface area contributed by atoms with E-state index in [1.807, 2.05) is 0 Å². The maximum Gasteiger partial charge on any atom is 0.173 e. The largest absolute Gasteiger partial charge is 0.341 e. The van der Waals surface area contributed by atoms with Gasteiger partial charge in [0, 0.05) is 25.2 Å². The van der Waals surface area contributed by atoms with E-state index in [-0.39, 0.29) is 17.1 Å². The average molecular weight is 226 g/mol. The molecule has 2 fully saturated rings. The molecule has 0 radical (unpaired) electrons. The van der Waals surface area contributed by atoms with Crippen LogP contribution in [0.3, 0.4) is 0 Å². The Morgan fingerprint density at radius 1 is 1.12 bits per heavy atom. The second-order valence-electron chi connectivity index (χ2n) is 6.18. The van der Waals surface area contributed by atoms with Crippen LogP contribution in [0.5, 0.6) is 0 Å². The van der Waals surface area contributed by atoms with Crippen molar-refractivity contribution in [1.29, 1.82) is 0 Å². The van der Waals surface area contributed by atoms with Crippen LogP contribution < -0.4 is 0 Å².